The molecule has 0 aromatic heterocycles. The van der Waals surface area contributed by atoms with Crippen molar-refractivity contribution < 1.29 is 4.74 Å². The van der Waals surface area contributed by atoms with Crippen molar-refractivity contribution in [2.45, 2.75) is 44.2 Å². The van der Waals surface area contributed by atoms with Crippen LogP contribution in [0.2, 0.25) is 0 Å². The fraction of sp³-hybridized carbons (Fsp3) is 1.00. The van der Waals surface area contributed by atoms with Gasteiger partial charge in [-0.25, -0.2) is 0 Å². The van der Waals surface area contributed by atoms with E-state index in [9.17, 15) is 0 Å². The van der Waals surface area contributed by atoms with E-state index in [4.69, 9.17) is 4.74 Å². The SMILES string of the molecule is CN1CCCC2CN(CCOC3CCNCC3)CCC21. The molecular weight excluding hydrogens is 250 g/mol. The van der Waals surface area contributed by atoms with Gasteiger partial charge in [-0.2, -0.15) is 0 Å². The summed E-state index contributed by atoms with van der Waals surface area (Å²) in [6.45, 7) is 8.19. The van der Waals surface area contributed by atoms with Crippen LogP contribution in [0.1, 0.15) is 32.1 Å². The minimum atomic E-state index is 0.509. The lowest BCUT2D eigenvalue weighted by Gasteiger charge is -2.46. The van der Waals surface area contributed by atoms with Gasteiger partial charge in [0, 0.05) is 19.1 Å². The summed E-state index contributed by atoms with van der Waals surface area (Å²) in [5.74, 6) is 0.904. The zero-order chi connectivity index (χ0) is 13.8. The predicted molar refractivity (Wildman–Crippen MR) is 82.0 cm³/mol. The van der Waals surface area contributed by atoms with Gasteiger partial charge < -0.3 is 19.9 Å². The Kier molecular flexibility index (Phi) is 5.32. The van der Waals surface area contributed by atoms with Crippen molar-refractivity contribution >= 4 is 0 Å². The maximum Gasteiger partial charge on any atom is 0.0600 e. The van der Waals surface area contributed by atoms with Crippen molar-refractivity contribution in [1.29, 1.82) is 0 Å². The summed E-state index contributed by atoms with van der Waals surface area (Å²) < 4.78 is 6.05. The van der Waals surface area contributed by atoms with E-state index < -0.39 is 0 Å². The molecule has 20 heavy (non-hydrogen) atoms. The summed E-state index contributed by atoms with van der Waals surface area (Å²) in [7, 11) is 2.31. The average molecular weight is 281 g/mol. The molecule has 3 saturated heterocycles. The van der Waals surface area contributed by atoms with E-state index in [0.29, 0.717) is 6.10 Å². The Balaban J connectivity index is 1.36. The third kappa shape index (κ3) is 3.73. The largest absolute Gasteiger partial charge is 0.377 e. The van der Waals surface area contributed by atoms with Gasteiger partial charge in [-0.05, 0) is 71.2 Å². The third-order valence-corrected chi connectivity index (χ3v) is 5.48. The van der Waals surface area contributed by atoms with Gasteiger partial charge in [0.1, 0.15) is 0 Å². The lowest BCUT2D eigenvalue weighted by molar-refractivity contribution is -0.00376. The Morgan fingerprint density at radius 1 is 1.10 bits per heavy atom. The topological polar surface area (TPSA) is 27.7 Å². The van der Waals surface area contributed by atoms with Crippen molar-refractivity contribution in [3.8, 4) is 0 Å². The fourth-order valence-corrected chi connectivity index (χ4v) is 4.24. The molecule has 3 heterocycles. The van der Waals surface area contributed by atoms with E-state index >= 15 is 0 Å². The summed E-state index contributed by atoms with van der Waals surface area (Å²) in [5, 5.41) is 3.39. The molecular formula is C16H31N3O. The van der Waals surface area contributed by atoms with Crippen LogP contribution in [-0.2, 0) is 4.74 Å². The molecule has 2 unspecified atom stereocenters. The van der Waals surface area contributed by atoms with E-state index in [1.165, 1.54) is 51.7 Å². The summed E-state index contributed by atoms with van der Waals surface area (Å²) >= 11 is 0. The van der Waals surface area contributed by atoms with Crippen LogP contribution in [-0.4, -0.2) is 74.9 Å². The Morgan fingerprint density at radius 2 is 1.95 bits per heavy atom. The van der Waals surface area contributed by atoms with Crippen molar-refractivity contribution in [3.63, 3.8) is 0 Å². The van der Waals surface area contributed by atoms with E-state index in [0.717, 1.165) is 38.2 Å². The number of likely N-dealkylation sites (tertiary alicyclic amines) is 2. The second-order valence-corrected chi connectivity index (χ2v) is 6.86. The van der Waals surface area contributed by atoms with Crippen LogP contribution in [0.5, 0.6) is 0 Å². The lowest BCUT2D eigenvalue weighted by Crippen LogP contribution is -2.53. The van der Waals surface area contributed by atoms with Gasteiger partial charge in [0.2, 0.25) is 0 Å². The minimum absolute atomic E-state index is 0.509. The molecule has 0 bridgehead atoms. The fourth-order valence-electron chi connectivity index (χ4n) is 4.24. The van der Waals surface area contributed by atoms with Crippen LogP contribution < -0.4 is 5.32 Å². The Bertz CT molecular complexity index is 293. The lowest BCUT2D eigenvalue weighted by atomic mass is 9.84. The molecule has 0 radical (unpaired) electrons. The number of ether oxygens (including phenoxy) is 1. The molecule has 3 fully saturated rings. The van der Waals surface area contributed by atoms with Gasteiger partial charge in [0.15, 0.2) is 0 Å². The van der Waals surface area contributed by atoms with Crippen LogP contribution in [0.25, 0.3) is 0 Å². The first-order valence-corrected chi connectivity index (χ1v) is 8.58. The molecule has 1 N–H and O–H groups in total. The molecule has 116 valence electrons. The van der Waals surface area contributed by atoms with Crippen molar-refractivity contribution in [3.05, 3.63) is 0 Å². The second-order valence-electron chi connectivity index (χ2n) is 6.86. The quantitative estimate of drug-likeness (QED) is 0.837. The van der Waals surface area contributed by atoms with Crippen molar-refractivity contribution in [2.75, 3.05) is 52.9 Å². The predicted octanol–water partition coefficient (Wildman–Crippen LogP) is 1.17. The van der Waals surface area contributed by atoms with E-state index in [1.807, 2.05) is 0 Å². The van der Waals surface area contributed by atoms with Crippen molar-refractivity contribution in [2.24, 2.45) is 5.92 Å². The first kappa shape index (κ1) is 14.8. The van der Waals surface area contributed by atoms with Crippen molar-refractivity contribution in [1.82, 2.24) is 15.1 Å². The molecule has 0 amide bonds. The van der Waals surface area contributed by atoms with E-state index in [1.54, 1.807) is 0 Å². The molecule has 3 rings (SSSR count). The molecule has 0 spiro atoms. The first-order chi connectivity index (χ1) is 9.83. The van der Waals surface area contributed by atoms with Gasteiger partial charge in [-0.3, -0.25) is 0 Å². The normalized spacial score (nSPS) is 34.0. The average Bonchev–Trinajstić information content (AvgIpc) is 2.48. The molecule has 3 aliphatic heterocycles. The maximum absolute atomic E-state index is 6.05. The molecule has 0 aromatic rings. The van der Waals surface area contributed by atoms with Gasteiger partial charge in [-0.1, -0.05) is 0 Å². The summed E-state index contributed by atoms with van der Waals surface area (Å²) in [4.78, 5) is 5.23. The second kappa shape index (κ2) is 7.21. The Hall–Kier alpha value is -0.160. The highest BCUT2D eigenvalue weighted by Crippen LogP contribution is 2.29. The molecule has 0 saturated carbocycles. The van der Waals surface area contributed by atoms with Gasteiger partial charge in [0.05, 0.1) is 12.7 Å². The number of nitrogens with one attached hydrogen (secondary N) is 1. The van der Waals surface area contributed by atoms with Crippen LogP contribution in [0.4, 0.5) is 0 Å². The summed E-state index contributed by atoms with van der Waals surface area (Å²) in [6, 6.07) is 0.852. The molecule has 3 aliphatic rings. The number of piperidine rings is 3. The first-order valence-electron chi connectivity index (χ1n) is 8.58. The highest BCUT2D eigenvalue weighted by molar-refractivity contribution is 4.89. The zero-order valence-corrected chi connectivity index (χ0v) is 13.0. The molecule has 0 aromatic carbocycles. The zero-order valence-electron chi connectivity index (χ0n) is 13.0. The number of nitrogens with zero attached hydrogens (tertiary/aromatic N) is 2. The smallest absolute Gasteiger partial charge is 0.0600 e. The molecule has 2 atom stereocenters. The van der Waals surface area contributed by atoms with Crippen LogP contribution in [0.15, 0.2) is 0 Å². The molecule has 4 nitrogen and oxygen atoms in total. The summed E-state index contributed by atoms with van der Waals surface area (Å²) in [5.41, 5.74) is 0. The monoisotopic (exact) mass is 281 g/mol. The summed E-state index contributed by atoms with van der Waals surface area (Å²) in [6.07, 6.45) is 7.06. The van der Waals surface area contributed by atoms with Crippen LogP contribution >= 0.6 is 0 Å². The minimum Gasteiger partial charge on any atom is -0.377 e. The van der Waals surface area contributed by atoms with Gasteiger partial charge in [-0.15, -0.1) is 0 Å². The number of hydrogen-bond acceptors (Lipinski definition) is 4. The standard InChI is InChI=1S/C16H31N3O/c1-18-9-2-3-14-13-19(10-6-16(14)18)11-12-20-15-4-7-17-8-5-15/h14-17H,2-13H2,1H3. The Labute approximate surface area is 123 Å². The number of rotatable bonds is 4. The van der Waals surface area contributed by atoms with Crippen LogP contribution in [0, 0.1) is 5.92 Å². The molecule has 0 aliphatic carbocycles. The maximum atomic E-state index is 6.05. The number of hydrogen-bond donors (Lipinski definition) is 1. The highest BCUT2D eigenvalue weighted by atomic mass is 16.5. The number of fused-ring (bicyclic) bond motifs is 1. The highest BCUT2D eigenvalue weighted by Gasteiger charge is 2.33. The van der Waals surface area contributed by atoms with Crippen LogP contribution in [0.3, 0.4) is 0 Å². The van der Waals surface area contributed by atoms with Gasteiger partial charge >= 0.3 is 0 Å². The molecule has 4 heteroatoms. The van der Waals surface area contributed by atoms with E-state index in [-0.39, 0.29) is 0 Å². The third-order valence-electron chi connectivity index (χ3n) is 5.48. The van der Waals surface area contributed by atoms with Gasteiger partial charge in [0.25, 0.3) is 0 Å². The van der Waals surface area contributed by atoms with E-state index in [2.05, 4.69) is 22.2 Å². The Morgan fingerprint density at radius 3 is 2.80 bits per heavy atom.